The molecule has 0 aliphatic rings. The van der Waals surface area contributed by atoms with Crippen LogP contribution in [0, 0.1) is 0 Å². The highest BCUT2D eigenvalue weighted by atomic mass is 16.5. The van der Waals surface area contributed by atoms with E-state index in [0.29, 0.717) is 0 Å². The molecule has 0 radical (unpaired) electrons. The second kappa shape index (κ2) is 8.91. The van der Waals surface area contributed by atoms with Crippen molar-refractivity contribution < 1.29 is 19.1 Å². The van der Waals surface area contributed by atoms with Crippen molar-refractivity contribution in [2.24, 2.45) is 0 Å². The molecule has 0 amide bonds. The summed E-state index contributed by atoms with van der Waals surface area (Å²) < 4.78 is 9.27. The van der Waals surface area contributed by atoms with Crippen molar-refractivity contribution in [1.82, 2.24) is 0 Å². The number of ether oxygens (including phenoxy) is 2. The monoisotopic (exact) mass is 234 g/mol. The highest BCUT2D eigenvalue weighted by Crippen LogP contribution is 2.03. The number of allylic oxidation sites excluding steroid dienone is 4. The number of esters is 2. The van der Waals surface area contributed by atoms with Crippen LogP contribution in [0.1, 0.15) is 6.42 Å². The highest BCUT2D eigenvalue weighted by molar-refractivity contribution is 5.93. The third-order valence-electron chi connectivity index (χ3n) is 1.45. The molecule has 90 valence electrons. The molecule has 0 atom stereocenters. The molecule has 0 rings (SSSR count). The lowest BCUT2D eigenvalue weighted by molar-refractivity contribution is -0.140. The fraction of sp³-hybridized carbons (Fsp3) is 0.0769. The largest absolute Gasteiger partial charge is 0.434 e. The Morgan fingerprint density at radius 1 is 1.00 bits per heavy atom. The van der Waals surface area contributed by atoms with Gasteiger partial charge in [-0.25, -0.2) is 4.79 Å². The van der Waals surface area contributed by atoms with E-state index in [1.807, 2.05) is 0 Å². The minimum absolute atomic E-state index is 0.00992. The van der Waals surface area contributed by atoms with Gasteiger partial charge in [-0.3, -0.25) is 4.79 Å². The molecule has 0 saturated heterocycles. The molecule has 0 aromatic carbocycles. The summed E-state index contributed by atoms with van der Waals surface area (Å²) in [6, 6.07) is 0. The Morgan fingerprint density at radius 3 is 2.06 bits per heavy atom. The van der Waals surface area contributed by atoms with Gasteiger partial charge in [0.15, 0.2) is 0 Å². The molecule has 4 nitrogen and oxygen atoms in total. The lowest BCUT2D eigenvalue weighted by Gasteiger charge is -2.01. The van der Waals surface area contributed by atoms with Gasteiger partial charge in [-0.05, 0) is 12.2 Å². The van der Waals surface area contributed by atoms with Crippen LogP contribution in [0.4, 0.5) is 0 Å². The maximum absolute atomic E-state index is 11.2. The second-order valence-corrected chi connectivity index (χ2v) is 2.80. The Balaban J connectivity index is 4.07. The summed E-state index contributed by atoms with van der Waals surface area (Å²) in [4.78, 5) is 22.4. The molecule has 0 aromatic heterocycles. The predicted molar refractivity (Wildman–Crippen MR) is 64.6 cm³/mol. The van der Waals surface area contributed by atoms with E-state index < -0.39 is 11.9 Å². The molecular formula is C13H14O4. The fourth-order valence-corrected chi connectivity index (χ4v) is 0.699. The van der Waals surface area contributed by atoms with Gasteiger partial charge in [-0.2, -0.15) is 0 Å². The molecule has 0 N–H and O–H groups in total. The third-order valence-corrected chi connectivity index (χ3v) is 1.45. The molecule has 0 aromatic rings. The van der Waals surface area contributed by atoms with Crippen LogP contribution in [-0.2, 0) is 19.1 Å². The molecule has 4 heteroatoms. The normalized spacial score (nSPS) is 10.1. The number of hydrogen-bond acceptors (Lipinski definition) is 4. The summed E-state index contributed by atoms with van der Waals surface area (Å²) >= 11 is 0. The molecule has 0 bridgehead atoms. The summed E-state index contributed by atoms with van der Waals surface area (Å²) in [5.41, 5.74) is 0.00992. The fourth-order valence-electron chi connectivity index (χ4n) is 0.699. The van der Waals surface area contributed by atoms with Crippen LogP contribution in [0.5, 0.6) is 0 Å². The van der Waals surface area contributed by atoms with Crippen LogP contribution >= 0.6 is 0 Å². The van der Waals surface area contributed by atoms with Crippen molar-refractivity contribution >= 4 is 11.9 Å². The van der Waals surface area contributed by atoms with Crippen LogP contribution in [0.3, 0.4) is 0 Å². The van der Waals surface area contributed by atoms with E-state index in [1.54, 1.807) is 0 Å². The summed E-state index contributed by atoms with van der Waals surface area (Å²) in [7, 11) is 0. The second-order valence-electron chi connectivity index (χ2n) is 2.80. The lowest BCUT2D eigenvalue weighted by Crippen LogP contribution is -2.09. The lowest BCUT2D eigenvalue weighted by atomic mass is 10.2. The van der Waals surface area contributed by atoms with Gasteiger partial charge in [0.25, 0.3) is 0 Å². The standard InChI is InChI=1S/C13H14O4/c1-4-6-8-16-12(14)10-11(3)13(15)17-9-7-5-2/h4-9H,1-3,10H2/b8-6+,9-7+. The van der Waals surface area contributed by atoms with Gasteiger partial charge in [0.05, 0.1) is 18.9 Å². The van der Waals surface area contributed by atoms with Crippen molar-refractivity contribution in [3.8, 4) is 0 Å². The van der Waals surface area contributed by atoms with Gasteiger partial charge in [0, 0.05) is 5.57 Å². The van der Waals surface area contributed by atoms with Gasteiger partial charge in [-0.15, -0.1) is 0 Å². The van der Waals surface area contributed by atoms with E-state index in [0.717, 1.165) is 6.26 Å². The van der Waals surface area contributed by atoms with Crippen molar-refractivity contribution in [3.63, 3.8) is 0 Å². The molecule has 0 heterocycles. The Morgan fingerprint density at radius 2 is 1.53 bits per heavy atom. The van der Waals surface area contributed by atoms with Crippen molar-refractivity contribution in [2.75, 3.05) is 0 Å². The van der Waals surface area contributed by atoms with Crippen molar-refractivity contribution in [1.29, 1.82) is 0 Å². The van der Waals surface area contributed by atoms with E-state index >= 15 is 0 Å². The molecule has 0 aliphatic carbocycles. The Kier molecular flexibility index (Phi) is 7.67. The van der Waals surface area contributed by atoms with E-state index in [1.165, 1.54) is 30.6 Å². The first-order valence-corrected chi connectivity index (χ1v) is 4.75. The number of carbonyl (C=O) groups is 2. The first-order chi connectivity index (χ1) is 8.11. The van der Waals surface area contributed by atoms with Gasteiger partial charge < -0.3 is 9.47 Å². The van der Waals surface area contributed by atoms with E-state index in [4.69, 9.17) is 0 Å². The number of hydrogen-bond donors (Lipinski definition) is 0. The third kappa shape index (κ3) is 7.56. The predicted octanol–water partition coefficient (Wildman–Crippen LogP) is 2.42. The average molecular weight is 234 g/mol. The topological polar surface area (TPSA) is 52.6 Å². The quantitative estimate of drug-likeness (QED) is 0.294. The molecule has 17 heavy (non-hydrogen) atoms. The summed E-state index contributed by atoms with van der Waals surface area (Å²) in [6.07, 6.45) is 7.89. The Bertz CT molecular complexity index is 375. The zero-order valence-corrected chi connectivity index (χ0v) is 9.43. The average Bonchev–Trinajstić information content (AvgIpc) is 2.29. The molecule has 0 aliphatic heterocycles. The Hall–Kier alpha value is -2.36. The van der Waals surface area contributed by atoms with Gasteiger partial charge in [0.1, 0.15) is 0 Å². The first kappa shape index (κ1) is 14.6. The van der Waals surface area contributed by atoms with E-state index in [2.05, 4.69) is 29.2 Å². The zero-order valence-electron chi connectivity index (χ0n) is 9.43. The zero-order chi connectivity index (χ0) is 13.1. The van der Waals surface area contributed by atoms with Gasteiger partial charge in [-0.1, -0.05) is 31.9 Å². The van der Waals surface area contributed by atoms with E-state index in [9.17, 15) is 9.59 Å². The Labute approximate surface area is 100 Å². The van der Waals surface area contributed by atoms with Gasteiger partial charge >= 0.3 is 11.9 Å². The maximum atomic E-state index is 11.2. The summed E-state index contributed by atoms with van der Waals surface area (Å²) in [6.45, 7) is 10.2. The SMILES string of the molecule is C=C/C=C/OC(=O)CC(=C)C(=O)O/C=C/C=C. The van der Waals surface area contributed by atoms with Crippen LogP contribution in [-0.4, -0.2) is 11.9 Å². The van der Waals surface area contributed by atoms with Crippen molar-refractivity contribution in [3.05, 3.63) is 62.1 Å². The van der Waals surface area contributed by atoms with Crippen LogP contribution < -0.4 is 0 Å². The molecule has 0 saturated carbocycles. The molecular weight excluding hydrogens is 220 g/mol. The minimum atomic E-state index is -0.687. The molecule has 0 unspecified atom stereocenters. The minimum Gasteiger partial charge on any atom is -0.434 e. The molecule has 0 fully saturated rings. The maximum Gasteiger partial charge on any atom is 0.338 e. The first-order valence-electron chi connectivity index (χ1n) is 4.75. The van der Waals surface area contributed by atoms with Gasteiger partial charge in [0.2, 0.25) is 0 Å². The van der Waals surface area contributed by atoms with Crippen molar-refractivity contribution in [2.45, 2.75) is 6.42 Å². The van der Waals surface area contributed by atoms with Crippen LogP contribution in [0.25, 0.3) is 0 Å². The number of carbonyl (C=O) groups excluding carboxylic acids is 2. The smallest absolute Gasteiger partial charge is 0.338 e. The number of rotatable bonds is 7. The summed E-state index contributed by atoms with van der Waals surface area (Å²) in [5.74, 6) is -1.29. The van der Waals surface area contributed by atoms with Crippen LogP contribution in [0.2, 0.25) is 0 Å². The summed E-state index contributed by atoms with van der Waals surface area (Å²) in [5, 5.41) is 0. The highest BCUT2D eigenvalue weighted by Gasteiger charge is 2.12. The van der Waals surface area contributed by atoms with Crippen LogP contribution in [0.15, 0.2) is 62.1 Å². The van der Waals surface area contributed by atoms with E-state index in [-0.39, 0.29) is 12.0 Å². The molecule has 0 spiro atoms.